The minimum Gasteiger partial charge on any atom is -0.472 e. The lowest BCUT2D eigenvalue weighted by atomic mass is 10.2. The molecule has 0 radical (unpaired) electrons. The van der Waals surface area contributed by atoms with Gasteiger partial charge in [0.1, 0.15) is 6.10 Å². The minimum absolute atomic E-state index is 0.139. The molecule has 1 aromatic heterocycles. The average molecular weight is 318 g/mol. The first-order valence-corrected chi connectivity index (χ1v) is 8.70. The molecule has 0 bridgehead atoms. The van der Waals surface area contributed by atoms with Crippen LogP contribution in [0.3, 0.4) is 0 Å². The first-order chi connectivity index (χ1) is 10.6. The highest BCUT2D eigenvalue weighted by Crippen LogP contribution is 2.24. The molecule has 0 saturated carbocycles. The number of benzene rings is 1. The molecule has 3 rings (SSSR count). The second-order valence-corrected chi connectivity index (χ2v) is 7.17. The highest BCUT2D eigenvalue weighted by molar-refractivity contribution is 7.89. The highest BCUT2D eigenvalue weighted by Gasteiger charge is 2.38. The predicted molar refractivity (Wildman–Crippen MR) is 83.2 cm³/mol. The van der Waals surface area contributed by atoms with Gasteiger partial charge < -0.3 is 4.74 Å². The van der Waals surface area contributed by atoms with Crippen molar-refractivity contribution in [2.24, 2.45) is 0 Å². The van der Waals surface area contributed by atoms with Gasteiger partial charge >= 0.3 is 0 Å². The van der Waals surface area contributed by atoms with E-state index in [-0.39, 0.29) is 6.10 Å². The summed E-state index contributed by atoms with van der Waals surface area (Å²) in [6, 6.07) is 12.5. The van der Waals surface area contributed by atoms with E-state index in [9.17, 15) is 8.42 Å². The van der Waals surface area contributed by atoms with E-state index in [0.717, 1.165) is 12.0 Å². The zero-order valence-corrected chi connectivity index (χ0v) is 13.2. The zero-order chi connectivity index (χ0) is 15.6. The molecule has 22 heavy (non-hydrogen) atoms. The van der Waals surface area contributed by atoms with Crippen LogP contribution < -0.4 is 4.74 Å². The summed E-state index contributed by atoms with van der Waals surface area (Å²) >= 11 is 0. The average Bonchev–Trinajstić information content (AvgIpc) is 2.51. The minimum atomic E-state index is -3.42. The molecule has 0 unspecified atom stereocenters. The molecule has 0 spiro atoms. The second kappa shape index (κ2) is 6.06. The van der Waals surface area contributed by atoms with E-state index in [4.69, 9.17) is 4.74 Å². The molecule has 1 fully saturated rings. The smallest absolute Gasteiger partial charge is 0.243 e. The lowest BCUT2D eigenvalue weighted by molar-refractivity contribution is 0.0721. The van der Waals surface area contributed by atoms with Gasteiger partial charge in [0.25, 0.3) is 0 Å². The van der Waals surface area contributed by atoms with Crippen molar-refractivity contribution in [2.75, 3.05) is 13.1 Å². The molecule has 1 saturated heterocycles. The number of nitrogens with zero attached hydrogens (tertiary/aromatic N) is 2. The molecule has 1 aliphatic heterocycles. The van der Waals surface area contributed by atoms with Gasteiger partial charge in [-0.05, 0) is 30.2 Å². The van der Waals surface area contributed by atoms with Gasteiger partial charge in [0.15, 0.2) is 0 Å². The summed E-state index contributed by atoms with van der Waals surface area (Å²) < 4.78 is 32.0. The van der Waals surface area contributed by atoms with Gasteiger partial charge in [-0.25, -0.2) is 13.4 Å². The summed E-state index contributed by atoms with van der Waals surface area (Å²) in [7, 11) is -3.42. The summed E-state index contributed by atoms with van der Waals surface area (Å²) in [6.07, 6.45) is 2.40. The van der Waals surface area contributed by atoms with Gasteiger partial charge in [-0.3, -0.25) is 0 Å². The monoisotopic (exact) mass is 318 g/mol. The maximum atomic E-state index is 12.5. The fourth-order valence-electron chi connectivity index (χ4n) is 2.31. The van der Waals surface area contributed by atoms with Crippen molar-refractivity contribution in [2.45, 2.75) is 24.3 Å². The molecule has 1 aromatic carbocycles. The lowest BCUT2D eigenvalue weighted by Gasteiger charge is -2.37. The number of hydrogen-bond donors (Lipinski definition) is 0. The number of ether oxygens (including phenoxy) is 1. The van der Waals surface area contributed by atoms with Crippen molar-refractivity contribution in [1.29, 1.82) is 0 Å². The predicted octanol–water partition coefficient (Wildman–Crippen LogP) is 2.10. The van der Waals surface area contributed by atoms with Crippen LogP contribution in [0.5, 0.6) is 5.88 Å². The van der Waals surface area contributed by atoms with Crippen LogP contribution in [0, 0.1) is 0 Å². The number of aryl methyl sites for hydroxylation is 1. The van der Waals surface area contributed by atoms with Crippen LogP contribution in [0.25, 0.3) is 0 Å². The number of sulfonamides is 1. The molecule has 5 nitrogen and oxygen atoms in total. The van der Waals surface area contributed by atoms with Gasteiger partial charge in [-0.15, -0.1) is 0 Å². The summed E-state index contributed by atoms with van der Waals surface area (Å²) in [6.45, 7) is 2.75. The van der Waals surface area contributed by atoms with Crippen molar-refractivity contribution < 1.29 is 13.2 Å². The second-order valence-electron chi connectivity index (χ2n) is 5.23. The van der Waals surface area contributed by atoms with Crippen LogP contribution in [0.15, 0.2) is 53.6 Å². The third-order valence-electron chi connectivity index (χ3n) is 3.71. The molecule has 1 aliphatic rings. The Morgan fingerprint density at radius 3 is 2.50 bits per heavy atom. The number of rotatable bonds is 5. The van der Waals surface area contributed by atoms with E-state index in [1.54, 1.807) is 24.4 Å². The van der Waals surface area contributed by atoms with E-state index in [0.29, 0.717) is 23.9 Å². The Balaban J connectivity index is 1.63. The molecule has 0 atom stereocenters. The molecule has 0 amide bonds. The number of hydrogen-bond acceptors (Lipinski definition) is 4. The largest absolute Gasteiger partial charge is 0.472 e. The molecular weight excluding hydrogens is 300 g/mol. The molecule has 0 N–H and O–H groups in total. The van der Waals surface area contributed by atoms with E-state index in [1.165, 1.54) is 4.31 Å². The Morgan fingerprint density at radius 1 is 1.18 bits per heavy atom. The van der Waals surface area contributed by atoms with Crippen molar-refractivity contribution >= 4 is 10.0 Å². The normalized spacial score (nSPS) is 16.2. The Hall–Kier alpha value is -1.92. The SMILES string of the molecule is CCc1ccc(S(=O)(=O)N2CC(Oc3ccccn3)C2)cc1. The molecule has 2 heterocycles. The maximum Gasteiger partial charge on any atom is 0.243 e. The first kappa shape index (κ1) is 15.0. The zero-order valence-electron chi connectivity index (χ0n) is 12.3. The lowest BCUT2D eigenvalue weighted by Crippen LogP contribution is -2.56. The van der Waals surface area contributed by atoms with Crippen LogP contribution in [0.2, 0.25) is 0 Å². The summed E-state index contributed by atoms with van der Waals surface area (Å²) in [5.41, 5.74) is 1.12. The topological polar surface area (TPSA) is 59.5 Å². The molecule has 2 aromatic rings. The molecule has 6 heteroatoms. The van der Waals surface area contributed by atoms with E-state index in [2.05, 4.69) is 4.98 Å². The van der Waals surface area contributed by atoms with E-state index in [1.807, 2.05) is 31.2 Å². The van der Waals surface area contributed by atoms with Gasteiger partial charge in [0.2, 0.25) is 15.9 Å². The Bertz CT molecular complexity index is 724. The van der Waals surface area contributed by atoms with Crippen molar-refractivity contribution in [3.05, 3.63) is 54.2 Å². The van der Waals surface area contributed by atoms with Crippen LogP contribution in [0.4, 0.5) is 0 Å². The summed E-state index contributed by atoms with van der Waals surface area (Å²) in [4.78, 5) is 4.41. The highest BCUT2D eigenvalue weighted by atomic mass is 32.2. The Kier molecular flexibility index (Phi) is 4.13. The van der Waals surface area contributed by atoms with Crippen molar-refractivity contribution in [3.63, 3.8) is 0 Å². The fraction of sp³-hybridized carbons (Fsp3) is 0.312. The van der Waals surface area contributed by atoms with Crippen LogP contribution in [0.1, 0.15) is 12.5 Å². The van der Waals surface area contributed by atoms with Gasteiger partial charge in [0, 0.05) is 12.3 Å². The molecule has 0 aliphatic carbocycles. The summed E-state index contributed by atoms with van der Waals surface area (Å²) in [5.74, 6) is 0.525. The van der Waals surface area contributed by atoms with Crippen LogP contribution in [-0.4, -0.2) is 36.9 Å². The van der Waals surface area contributed by atoms with Crippen LogP contribution >= 0.6 is 0 Å². The van der Waals surface area contributed by atoms with Gasteiger partial charge in [-0.1, -0.05) is 25.1 Å². The van der Waals surface area contributed by atoms with E-state index < -0.39 is 10.0 Å². The fourth-order valence-corrected chi connectivity index (χ4v) is 3.81. The van der Waals surface area contributed by atoms with Crippen molar-refractivity contribution in [1.82, 2.24) is 9.29 Å². The maximum absolute atomic E-state index is 12.5. The van der Waals surface area contributed by atoms with Crippen molar-refractivity contribution in [3.8, 4) is 5.88 Å². The Labute approximate surface area is 130 Å². The molecule has 116 valence electrons. The number of aromatic nitrogens is 1. The third-order valence-corrected chi connectivity index (χ3v) is 5.55. The first-order valence-electron chi connectivity index (χ1n) is 7.26. The Morgan fingerprint density at radius 2 is 1.91 bits per heavy atom. The van der Waals surface area contributed by atoms with Gasteiger partial charge in [-0.2, -0.15) is 4.31 Å². The summed E-state index contributed by atoms with van der Waals surface area (Å²) in [5, 5.41) is 0. The van der Waals surface area contributed by atoms with Crippen LogP contribution in [-0.2, 0) is 16.4 Å². The van der Waals surface area contributed by atoms with Gasteiger partial charge in [0.05, 0.1) is 18.0 Å². The quantitative estimate of drug-likeness (QED) is 0.847. The van der Waals surface area contributed by atoms with E-state index >= 15 is 0 Å². The molecular formula is C16H18N2O3S. The third kappa shape index (κ3) is 2.98. The standard InChI is InChI=1S/C16H18N2O3S/c1-2-13-6-8-15(9-7-13)22(19,20)18-11-14(12-18)21-16-5-3-4-10-17-16/h3-10,14H,2,11-12H2,1H3. The number of pyridine rings is 1.